The number of likely N-dealkylation sites (N-methyl/N-ethyl adjacent to an activating group) is 1. The van der Waals surface area contributed by atoms with Crippen LogP contribution < -0.4 is 10.1 Å². The molecular weight excluding hydrogens is 477 g/mol. The number of nitrogens with zero attached hydrogens (tertiary/aromatic N) is 4. The lowest BCUT2D eigenvalue weighted by atomic mass is 10.0. The first kappa shape index (κ1) is 22.1. The van der Waals surface area contributed by atoms with Gasteiger partial charge in [0.25, 0.3) is 0 Å². The number of carbonyl (C=O) groups excluding carboxylic acids is 1. The van der Waals surface area contributed by atoms with E-state index in [1.807, 2.05) is 34.7 Å². The van der Waals surface area contributed by atoms with Crippen molar-refractivity contribution in [3.05, 3.63) is 35.0 Å². The molecule has 0 radical (unpaired) electrons. The molecule has 9 heteroatoms. The molecule has 0 saturated carbocycles. The van der Waals surface area contributed by atoms with Crippen LogP contribution in [0.25, 0.3) is 0 Å². The molecule has 7 nitrogen and oxygen atoms in total. The number of rotatable bonds is 6. The Labute approximate surface area is 179 Å². The maximum atomic E-state index is 11.0. The average molecular weight is 503 g/mol. The number of amidine groups is 1. The molecule has 1 amide bonds. The van der Waals surface area contributed by atoms with Gasteiger partial charge in [0.05, 0.1) is 7.11 Å². The van der Waals surface area contributed by atoms with Gasteiger partial charge >= 0.3 is 0 Å². The van der Waals surface area contributed by atoms with Crippen molar-refractivity contribution < 1.29 is 9.53 Å². The van der Waals surface area contributed by atoms with Crippen molar-refractivity contribution in [2.75, 3.05) is 40.3 Å². The van der Waals surface area contributed by atoms with Gasteiger partial charge in [-0.25, -0.2) is 9.98 Å². The average Bonchev–Trinajstić information content (AvgIpc) is 2.62. The van der Waals surface area contributed by atoms with Gasteiger partial charge in [-0.05, 0) is 47.7 Å². The summed E-state index contributed by atoms with van der Waals surface area (Å²) in [4.78, 5) is 25.0. The fourth-order valence-corrected chi connectivity index (χ4v) is 3.69. The zero-order chi connectivity index (χ0) is 19.8. The van der Waals surface area contributed by atoms with Crippen LogP contribution in [0.3, 0.4) is 0 Å². The Hall–Kier alpha value is -1.17. The number of amides is 1. The summed E-state index contributed by atoms with van der Waals surface area (Å²) >= 11 is 6.53. The second kappa shape index (κ2) is 11.0. The van der Waals surface area contributed by atoms with Crippen molar-refractivity contribution >= 4 is 45.0 Å². The van der Waals surface area contributed by atoms with E-state index in [-0.39, 0.29) is 5.91 Å². The minimum atomic E-state index is -0.132. The summed E-state index contributed by atoms with van der Waals surface area (Å²) in [5.41, 5.74) is 1.22. The van der Waals surface area contributed by atoms with Gasteiger partial charge < -0.3 is 15.0 Å². The van der Waals surface area contributed by atoms with E-state index in [0.717, 1.165) is 37.5 Å². The monoisotopic (exact) mass is 503 g/mol. The molecule has 0 bridgehead atoms. The van der Waals surface area contributed by atoms with Gasteiger partial charge in [-0.3, -0.25) is 9.69 Å². The zero-order valence-electron chi connectivity index (χ0n) is 15.9. The van der Waals surface area contributed by atoms with Gasteiger partial charge in [-0.1, -0.05) is 0 Å². The van der Waals surface area contributed by atoms with Crippen LogP contribution in [0.2, 0.25) is 0 Å². The first-order valence-corrected chi connectivity index (χ1v) is 10.2. The molecule has 1 aliphatic rings. The van der Waals surface area contributed by atoms with E-state index in [2.05, 4.69) is 44.8 Å². The highest BCUT2D eigenvalue weighted by Gasteiger charge is 2.24. The highest BCUT2D eigenvalue weighted by atomic mass is 127. The van der Waals surface area contributed by atoms with Crippen molar-refractivity contribution in [1.82, 2.24) is 20.1 Å². The SMILES string of the molecule is COc1cc(C[C@H]2CN(C/C(S)=C/N=C(I)NC(C)=O)CCN2C)ccn1. The molecule has 0 unspecified atom stereocenters. The summed E-state index contributed by atoms with van der Waals surface area (Å²) in [5, 5.41) is 2.63. The van der Waals surface area contributed by atoms with E-state index in [9.17, 15) is 4.79 Å². The second-order valence-corrected chi connectivity index (χ2v) is 8.10. The molecule has 27 heavy (non-hydrogen) atoms. The Kier molecular flexibility index (Phi) is 9.00. The summed E-state index contributed by atoms with van der Waals surface area (Å²) in [6, 6.07) is 4.45. The van der Waals surface area contributed by atoms with E-state index in [0.29, 0.717) is 15.8 Å². The van der Waals surface area contributed by atoms with E-state index in [4.69, 9.17) is 4.74 Å². The number of aromatic nitrogens is 1. The normalized spacial score (nSPS) is 19.8. The largest absolute Gasteiger partial charge is 0.481 e. The number of aliphatic imine (C=N–C) groups is 1. The lowest BCUT2D eigenvalue weighted by molar-refractivity contribution is -0.117. The Balaban J connectivity index is 1.94. The topological polar surface area (TPSA) is 70.1 Å². The summed E-state index contributed by atoms with van der Waals surface area (Å²) in [6.45, 7) is 5.13. The highest BCUT2D eigenvalue weighted by Crippen LogP contribution is 2.17. The summed E-state index contributed by atoms with van der Waals surface area (Å²) in [7, 11) is 3.80. The van der Waals surface area contributed by atoms with Crippen molar-refractivity contribution in [2.45, 2.75) is 19.4 Å². The van der Waals surface area contributed by atoms with Gasteiger partial charge in [-0.15, -0.1) is 12.6 Å². The van der Waals surface area contributed by atoms with E-state index in [1.165, 1.54) is 12.5 Å². The lowest BCUT2D eigenvalue weighted by Gasteiger charge is -2.39. The Morgan fingerprint density at radius 1 is 1.56 bits per heavy atom. The van der Waals surface area contributed by atoms with Crippen LogP contribution in [-0.2, 0) is 11.2 Å². The van der Waals surface area contributed by atoms with Gasteiger partial charge in [0, 0.05) is 62.5 Å². The molecule has 1 aromatic rings. The molecule has 1 aromatic heterocycles. The number of ether oxygens (including phenoxy) is 1. The second-order valence-electron chi connectivity index (χ2n) is 6.50. The molecule has 1 N–H and O–H groups in total. The van der Waals surface area contributed by atoms with Crippen molar-refractivity contribution in [3.8, 4) is 5.88 Å². The molecule has 1 saturated heterocycles. The molecule has 1 fully saturated rings. The number of pyridine rings is 1. The number of piperazine rings is 1. The molecule has 2 rings (SSSR count). The fraction of sp³-hybridized carbons (Fsp3) is 0.500. The number of thiol groups is 1. The zero-order valence-corrected chi connectivity index (χ0v) is 18.9. The van der Waals surface area contributed by atoms with Crippen molar-refractivity contribution in [2.24, 2.45) is 4.99 Å². The minimum absolute atomic E-state index is 0.132. The van der Waals surface area contributed by atoms with Crippen LogP contribution >= 0.6 is 35.2 Å². The lowest BCUT2D eigenvalue weighted by Crippen LogP contribution is -2.52. The van der Waals surface area contributed by atoms with Crippen LogP contribution in [-0.4, -0.2) is 70.9 Å². The summed E-state index contributed by atoms with van der Waals surface area (Å²) < 4.78 is 5.76. The Morgan fingerprint density at radius 2 is 2.33 bits per heavy atom. The van der Waals surface area contributed by atoms with Crippen LogP contribution in [0.15, 0.2) is 34.4 Å². The third-order valence-corrected chi connectivity index (χ3v) is 5.14. The van der Waals surface area contributed by atoms with Gasteiger partial charge in [0.2, 0.25) is 11.8 Å². The molecule has 148 valence electrons. The van der Waals surface area contributed by atoms with Gasteiger partial charge in [-0.2, -0.15) is 0 Å². The molecule has 0 aromatic carbocycles. The standard InChI is InChI=1S/C18H26IN5O2S/c1-13(25)22-18(19)21-10-16(27)12-24-7-6-23(2)15(11-24)8-14-4-5-20-17(9-14)26-3/h4-5,9-10,15,27H,6-8,11-12H2,1-3H3,(H,21,22,25)/b16-10-/t15-/m0/s1. The number of hydrogen-bond acceptors (Lipinski definition) is 7. The quantitative estimate of drug-likeness (QED) is 0.204. The highest BCUT2D eigenvalue weighted by molar-refractivity contribution is 14.1. The van der Waals surface area contributed by atoms with Crippen molar-refractivity contribution in [1.29, 1.82) is 0 Å². The number of halogens is 1. The number of nitrogens with one attached hydrogen (secondary N) is 1. The first-order chi connectivity index (χ1) is 12.9. The van der Waals surface area contributed by atoms with Gasteiger partial charge in [0.1, 0.15) is 0 Å². The molecular formula is C18H26IN5O2S. The summed E-state index contributed by atoms with van der Waals surface area (Å²) in [6.07, 6.45) is 4.43. The third-order valence-electron chi connectivity index (χ3n) is 4.33. The molecule has 1 atom stereocenters. The molecule has 2 heterocycles. The van der Waals surface area contributed by atoms with Crippen molar-refractivity contribution in [3.63, 3.8) is 0 Å². The third kappa shape index (κ3) is 7.76. The smallest absolute Gasteiger partial charge is 0.222 e. The van der Waals surface area contributed by atoms with E-state index >= 15 is 0 Å². The predicted molar refractivity (Wildman–Crippen MR) is 120 cm³/mol. The van der Waals surface area contributed by atoms with Gasteiger partial charge in [0.15, 0.2) is 3.84 Å². The first-order valence-electron chi connectivity index (χ1n) is 8.67. The molecule has 0 spiro atoms. The molecule has 0 aliphatic carbocycles. The Bertz CT molecular complexity index is 713. The maximum absolute atomic E-state index is 11.0. The van der Waals surface area contributed by atoms with E-state index < -0.39 is 0 Å². The van der Waals surface area contributed by atoms with Crippen LogP contribution in [0.1, 0.15) is 12.5 Å². The van der Waals surface area contributed by atoms with Crippen LogP contribution in [0.4, 0.5) is 0 Å². The fourth-order valence-electron chi connectivity index (χ4n) is 2.91. The minimum Gasteiger partial charge on any atom is -0.481 e. The summed E-state index contributed by atoms with van der Waals surface area (Å²) in [5.74, 6) is 0.516. The number of methoxy groups -OCH3 is 1. The maximum Gasteiger partial charge on any atom is 0.222 e. The molecule has 1 aliphatic heterocycles. The Morgan fingerprint density at radius 3 is 3.04 bits per heavy atom. The number of hydrogen-bond donors (Lipinski definition) is 2. The predicted octanol–water partition coefficient (Wildman–Crippen LogP) is 1.95. The number of carbonyl (C=O) groups is 1. The van der Waals surface area contributed by atoms with E-state index in [1.54, 1.807) is 19.5 Å². The van der Waals surface area contributed by atoms with Crippen LogP contribution in [0, 0.1) is 0 Å². The van der Waals surface area contributed by atoms with Crippen LogP contribution in [0.5, 0.6) is 5.88 Å².